The van der Waals surface area contributed by atoms with Gasteiger partial charge in [-0.2, -0.15) is 0 Å². The summed E-state index contributed by atoms with van der Waals surface area (Å²) in [6.07, 6.45) is 12.1. The standard InChI is InChI=1S/C14H18NO.3C4H9.Sn/c1-2-13-9-6-10-14(13)15-16-11-12-7-4-3-5-8-12;3*1-3-4-2;/h3-5,7-8,13-15H,1,6,9-11H2;3*1,3-4H2,2H3;. The number of unbranched alkanes of at least 4 members (excludes halogenated alkanes) is 3. The Kier molecular flexibility index (Phi) is 11.9. The van der Waals surface area contributed by atoms with Gasteiger partial charge in [0.15, 0.2) is 0 Å². The Balaban J connectivity index is 2.05. The molecule has 1 saturated carbocycles. The molecule has 1 aromatic carbocycles. The Bertz CT molecular complexity index is 552. The third-order valence-electron chi connectivity index (χ3n) is 6.99. The van der Waals surface area contributed by atoms with Crippen molar-refractivity contribution in [3.05, 3.63) is 46.1 Å². The first-order valence-electron chi connectivity index (χ1n) is 12.3. The third kappa shape index (κ3) is 7.70. The second kappa shape index (κ2) is 13.9. The van der Waals surface area contributed by atoms with Gasteiger partial charge >= 0.3 is 185 Å². The molecular formula is C26H45NOSn. The van der Waals surface area contributed by atoms with Gasteiger partial charge in [-0.05, 0) is 0 Å². The van der Waals surface area contributed by atoms with Crippen LogP contribution < -0.4 is 5.48 Å². The molecule has 2 unspecified atom stereocenters. The van der Waals surface area contributed by atoms with E-state index in [4.69, 9.17) is 11.4 Å². The van der Waals surface area contributed by atoms with Crippen LogP contribution in [0.4, 0.5) is 0 Å². The second-order valence-electron chi connectivity index (χ2n) is 9.15. The van der Waals surface area contributed by atoms with Gasteiger partial charge in [-0.25, -0.2) is 0 Å². The van der Waals surface area contributed by atoms with Crippen molar-refractivity contribution in [2.24, 2.45) is 5.92 Å². The van der Waals surface area contributed by atoms with Gasteiger partial charge in [0.2, 0.25) is 0 Å². The van der Waals surface area contributed by atoms with Crippen LogP contribution in [0.2, 0.25) is 13.3 Å². The Morgan fingerprint density at radius 2 is 1.55 bits per heavy atom. The van der Waals surface area contributed by atoms with Crippen molar-refractivity contribution >= 4 is 18.4 Å². The Morgan fingerprint density at radius 3 is 2.10 bits per heavy atom. The molecule has 2 rings (SSSR count). The first-order valence-corrected chi connectivity index (χ1v) is 19.8. The maximum atomic E-state index is 5.97. The zero-order valence-electron chi connectivity index (χ0n) is 19.3. The summed E-state index contributed by atoms with van der Waals surface area (Å²) in [4.78, 5) is 5.97. The summed E-state index contributed by atoms with van der Waals surface area (Å²) >= 11 is -2.38. The normalized spacial score (nSPS) is 19.6. The van der Waals surface area contributed by atoms with Crippen LogP contribution in [0.15, 0.2) is 40.5 Å². The number of hydrogen-bond donors (Lipinski definition) is 1. The molecule has 0 saturated heterocycles. The summed E-state index contributed by atoms with van der Waals surface area (Å²) in [5, 5.41) is 0. The first kappa shape index (κ1) is 24.9. The van der Waals surface area contributed by atoms with Gasteiger partial charge < -0.3 is 0 Å². The average Bonchev–Trinajstić information content (AvgIpc) is 3.22. The number of hydroxylamine groups is 1. The zero-order chi connectivity index (χ0) is 21.0. The predicted octanol–water partition coefficient (Wildman–Crippen LogP) is 7.82. The van der Waals surface area contributed by atoms with E-state index < -0.39 is 18.4 Å². The molecule has 0 amide bonds. The topological polar surface area (TPSA) is 21.3 Å². The molecule has 1 aliphatic carbocycles. The summed E-state index contributed by atoms with van der Waals surface area (Å²) < 4.78 is 6.32. The van der Waals surface area contributed by atoms with Crippen molar-refractivity contribution in [1.29, 1.82) is 0 Å². The van der Waals surface area contributed by atoms with E-state index in [0.29, 0.717) is 18.6 Å². The van der Waals surface area contributed by atoms with E-state index in [2.05, 4.69) is 56.6 Å². The SMILES string of the molecule is C=[C](C1CCCC1NOCc1ccccc1)[Sn]([CH2]CCC)([CH2]CCC)[CH2]CCC. The van der Waals surface area contributed by atoms with Crippen LogP contribution in [0.1, 0.15) is 84.1 Å². The Hall–Kier alpha value is -0.321. The van der Waals surface area contributed by atoms with Crippen molar-refractivity contribution in [2.45, 2.75) is 105 Å². The van der Waals surface area contributed by atoms with E-state index in [-0.39, 0.29) is 0 Å². The van der Waals surface area contributed by atoms with Gasteiger partial charge in [-0.1, -0.05) is 0 Å². The van der Waals surface area contributed by atoms with Crippen LogP contribution in [0, 0.1) is 5.92 Å². The first-order chi connectivity index (χ1) is 14.2. The summed E-state index contributed by atoms with van der Waals surface area (Å²) in [6, 6.07) is 11.0. The molecule has 0 bridgehead atoms. The second-order valence-corrected chi connectivity index (χ2v) is 22.6. The van der Waals surface area contributed by atoms with Crippen molar-refractivity contribution < 1.29 is 4.84 Å². The fourth-order valence-corrected chi connectivity index (χ4v) is 22.1. The van der Waals surface area contributed by atoms with Crippen molar-refractivity contribution in [2.75, 3.05) is 0 Å². The van der Waals surface area contributed by atoms with Crippen LogP contribution in [0.3, 0.4) is 0 Å². The fourth-order valence-electron chi connectivity index (χ4n) is 5.12. The Labute approximate surface area is 184 Å². The van der Waals surface area contributed by atoms with E-state index in [0.717, 1.165) is 0 Å². The molecular weight excluding hydrogens is 461 g/mol. The molecule has 164 valence electrons. The summed E-state index contributed by atoms with van der Waals surface area (Å²) in [7, 11) is 0. The van der Waals surface area contributed by atoms with E-state index in [1.54, 1.807) is 3.59 Å². The number of nitrogens with one attached hydrogen (secondary N) is 1. The van der Waals surface area contributed by atoms with Crippen LogP contribution in [-0.4, -0.2) is 24.4 Å². The minimum absolute atomic E-state index is 0.465. The molecule has 3 heteroatoms. The number of rotatable bonds is 15. The Morgan fingerprint density at radius 1 is 0.966 bits per heavy atom. The molecule has 0 aromatic heterocycles. The quantitative estimate of drug-likeness (QED) is 0.194. The summed E-state index contributed by atoms with van der Waals surface area (Å²) in [5.41, 5.74) is 4.71. The number of hydrogen-bond acceptors (Lipinski definition) is 2. The van der Waals surface area contributed by atoms with Gasteiger partial charge in [-0.15, -0.1) is 0 Å². The van der Waals surface area contributed by atoms with Gasteiger partial charge in [0.25, 0.3) is 0 Å². The molecule has 1 aromatic rings. The zero-order valence-corrected chi connectivity index (χ0v) is 22.2. The molecule has 0 radical (unpaired) electrons. The molecule has 0 spiro atoms. The van der Waals surface area contributed by atoms with Gasteiger partial charge in [0.1, 0.15) is 0 Å². The monoisotopic (exact) mass is 507 g/mol. The van der Waals surface area contributed by atoms with Crippen molar-refractivity contribution in [1.82, 2.24) is 5.48 Å². The molecule has 2 nitrogen and oxygen atoms in total. The van der Waals surface area contributed by atoms with Crippen molar-refractivity contribution in [3.8, 4) is 0 Å². The molecule has 0 aliphatic heterocycles. The third-order valence-corrected chi connectivity index (χ3v) is 23.2. The van der Waals surface area contributed by atoms with Crippen molar-refractivity contribution in [3.63, 3.8) is 0 Å². The minimum atomic E-state index is -2.38. The van der Waals surface area contributed by atoms with Crippen LogP contribution >= 0.6 is 0 Å². The summed E-state index contributed by atoms with van der Waals surface area (Å²) in [5.74, 6) is 0.646. The van der Waals surface area contributed by atoms with Gasteiger partial charge in [0.05, 0.1) is 0 Å². The fraction of sp³-hybridized carbons (Fsp3) is 0.692. The van der Waals surface area contributed by atoms with Crippen LogP contribution in [-0.2, 0) is 11.4 Å². The van der Waals surface area contributed by atoms with Crippen LogP contribution in [0.25, 0.3) is 0 Å². The molecule has 1 N–H and O–H groups in total. The van der Waals surface area contributed by atoms with E-state index in [1.165, 1.54) is 76.7 Å². The molecule has 29 heavy (non-hydrogen) atoms. The molecule has 1 fully saturated rings. The number of benzene rings is 1. The van der Waals surface area contributed by atoms with E-state index >= 15 is 0 Å². The van der Waals surface area contributed by atoms with Gasteiger partial charge in [0, 0.05) is 0 Å². The molecule has 0 heterocycles. The van der Waals surface area contributed by atoms with E-state index in [1.807, 2.05) is 0 Å². The molecule has 1 aliphatic rings. The van der Waals surface area contributed by atoms with Crippen LogP contribution in [0.5, 0.6) is 0 Å². The average molecular weight is 506 g/mol. The maximum absolute atomic E-state index is 5.97. The van der Waals surface area contributed by atoms with E-state index in [9.17, 15) is 0 Å². The van der Waals surface area contributed by atoms with Gasteiger partial charge in [-0.3, -0.25) is 0 Å². The molecule has 2 atom stereocenters. The summed E-state index contributed by atoms with van der Waals surface area (Å²) in [6.45, 7) is 12.6. The predicted molar refractivity (Wildman–Crippen MR) is 130 cm³/mol.